The van der Waals surface area contributed by atoms with E-state index >= 15 is 0 Å². The summed E-state index contributed by atoms with van der Waals surface area (Å²) < 4.78 is 25.7. The summed E-state index contributed by atoms with van der Waals surface area (Å²) in [5.41, 5.74) is 2.37. The van der Waals surface area contributed by atoms with Gasteiger partial charge in [-0.3, -0.25) is 14.5 Å². The van der Waals surface area contributed by atoms with Gasteiger partial charge in [-0.25, -0.2) is 4.39 Å². The molecule has 11 heteroatoms. The van der Waals surface area contributed by atoms with E-state index in [0.717, 1.165) is 22.6 Å². The lowest BCUT2D eigenvalue weighted by Crippen LogP contribution is -2.29. The highest BCUT2D eigenvalue weighted by Gasteiger charge is 2.48. The number of aliphatic hydroxyl groups is 1. The standard InChI is InChI=1S/C30H24FN3O5S2/c1-16-13-20-14-18(9-12-23(20)39-16)26(35)24-25(17-7-10-21(38-2)11-8-17)34(28(37)27(24)36)29-32-33-30(41-29)40-15-19-5-3-4-6-22(19)31/h3-12,14,16,25,35H,13,15H2,1-2H3/t16-,25-/m0/s1. The fraction of sp³-hybridized carbons (Fsp3) is 0.200. The van der Waals surface area contributed by atoms with Crippen LogP contribution < -0.4 is 14.4 Å². The highest BCUT2D eigenvalue weighted by atomic mass is 32.2. The van der Waals surface area contributed by atoms with Crippen LogP contribution in [-0.2, 0) is 21.8 Å². The van der Waals surface area contributed by atoms with Crippen molar-refractivity contribution >= 4 is 45.7 Å². The molecule has 1 saturated heterocycles. The van der Waals surface area contributed by atoms with Gasteiger partial charge in [0.05, 0.1) is 18.7 Å². The van der Waals surface area contributed by atoms with Crippen LogP contribution in [0.4, 0.5) is 9.52 Å². The minimum Gasteiger partial charge on any atom is -0.507 e. The van der Waals surface area contributed by atoms with E-state index in [1.54, 1.807) is 67.8 Å². The first-order chi connectivity index (χ1) is 19.8. The smallest absolute Gasteiger partial charge is 0.301 e. The van der Waals surface area contributed by atoms with Crippen molar-refractivity contribution in [2.75, 3.05) is 12.0 Å². The summed E-state index contributed by atoms with van der Waals surface area (Å²) >= 11 is 2.40. The number of fused-ring (bicyclic) bond motifs is 1. The maximum Gasteiger partial charge on any atom is 0.301 e. The van der Waals surface area contributed by atoms with Crippen molar-refractivity contribution in [1.29, 1.82) is 0 Å². The highest BCUT2D eigenvalue weighted by Crippen LogP contribution is 2.45. The minimum absolute atomic E-state index is 0.00938. The summed E-state index contributed by atoms with van der Waals surface area (Å²) in [7, 11) is 1.54. The lowest BCUT2D eigenvalue weighted by molar-refractivity contribution is -0.132. The number of rotatable bonds is 7. The molecule has 0 unspecified atom stereocenters. The second kappa shape index (κ2) is 11.0. The molecule has 1 fully saturated rings. The van der Waals surface area contributed by atoms with Crippen LogP contribution in [-0.4, -0.2) is 40.2 Å². The number of hydrogen-bond donors (Lipinski definition) is 1. The monoisotopic (exact) mass is 589 g/mol. The number of methoxy groups -OCH3 is 1. The van der Waals surface area contributed by atoms with E-state index in [1.807, 2.05) is 6.92 Å². The summed E-state index contributed by atoms with van der Waals surface area (Å²) in [6, 6.07) is 17.7. The lowest BCUT2D eigenvalue weighted by atomic mass is 9.94. The second-order valence-electron chi connectivity index (χ2n) is 9.63. The number of halogens is 1. The molecule has 41 heavy (non-hydrogen) atoms. The molecule has 1 amide bonds. The number of benzene rings is 3. The first kappa shape index (κ1) is 27.0. The van der Waals surface area contributed by atoms with Crippen LogP contribution in [0, 0.1) is 5.82 Å². The molecule has 4 aromatic rings. The quantitative estimate of drug-likeness (QED) is 0.0931. The molecule has 6 rings (SSSR count). The Morgan fingerprint density at radius 1 is 1.15 bits per heavy atom. The summed E-state index contributed by atoms with van der Waals surface area (Å²) in [6.07, 6.45) is 0.681. The third-order valence-corrected chi connectivity index (χ3v) is 9.06. The molecule has 0 saturated carbocycles. The number of anilines is 1. The molecule has 0 radical (unpaired) electrons. The van der Waals surface area contributed by atoms with E-state index in [2.05, 4.69) is 10.2 Å². The van der Waals surface area contributed by atoms with Gasteiger partial charge in [0.1, 0.15) is 29.2 Å². The Morgan fingerprint density at radius 3 is 2.68 bits per heavy atom. The fourth-order valence-electron chi connectivity index (χ4n) is 4.97. The molecule has 3 heterocycles. The van der Waals surface area contributed by atoms with Crippen LogP contribution in [0.2, 0.25) is 0 Å². The number of Topliss-reactive ketones (excluding diaryl/α,β-unsaturated/α-hetero) is 1. The van der Waals surface area contributed by atoms with Crippen LogP contribution >= 0.6 is 23.1 Å². The molecule has 1 N–H and O–H groups in total. The van der Waals surface area contributed by atoms with Gasteiger partial charge in [-0.1, -0.05) is 53.4 Å². The zero-order valence-corrected chi connectivity index (χ0v) is 23.7. The number of ketones is 1. The third kappa shape index (κ3) is 5.07. The van der Waals surface area contributed by atoms with Gasteiger partial charge in [-0.15, -0.1) is 10.2 Å². The molecule has 2 aliphatic heterocycles. The molecule has 0 bridgehead atoms. The van der Waals surface area contributed by atoms with E-state index in [0.29, 0.717) is 39.0 Å². The number of carbonyl (C=O) groups is 2. The largest absolute Gasteiger partial charge is 0.507 e. The van der Waals surface area contributed by atoms with E-state index in [4.69, 9.17) is 9.47 Å². The van der Waals surface area contributed by atoms with Gasteiger partial charge >= 0.3 is 5.91 Å². The van der Waals surface area contributed by atoms with Gasteiger partial charge in [0.2, 0.25) is 5.13 Å². The number of nitrogens with zero attached hydrogens (tertiary/aromatic N) is 3. The van der Waals surface area contributed by atoms with Gasteiger partial charge < -0.3 is 14.6 Å². The predicted octanol–water partition coefficient (Wildman–Crippen LogP) is 5.93. The summed E-state index contributed by atoms with van der Waals surface area (Å²) in [6.45, 7) is 1.96. The van der Waals surface area contributed by atoms with Crippen LogP contribution in [0.5, 0.6) is 11.5 Å². The number of amides is 1. The normalized spacial score (nSPS) is 19.3. The molecular weight excluding hydrogens is 565 g/mol. The number of ether oxygens (including phenoxy) is 2. The number of carbonyl (C=O) groups excluding carboxylic acids is 2. The van der Waals surface area contributed by atoms with Crippen molar-refractivity contribution in [3.8, 4) is 11.5 Å². The van der Waals surface area contributed by atoms with Crippen LogP contribution in [0.1, 0.15) is 35.2 Å². The van der Waals surface area contributed by atoms with E-state index in [-0.39, 0.29) is 28.4 Å². The van der Waals surface area contributed by atoms with Crippen LogP contribution in [0.25, 0.3) is 5.76 Å². The van der Waals surface area contributed by atoms with Crippen molar-refractivity contribution in [3.05, 3.63) is 100 Å². The van der Waals surface area contributed by atoms with Crippen LogP contribution in [0.15, 0.2) is 76.6 Å². The number of aliphatic hydroxyl groups excluding tert-OH is 1. The van der Waals surface area contributed by atoms with Crippen molar-refractivity contribution in [1.82, 2.24) is 10.2 Å². The Labute approximate surface area is 243 Å². The fourth-order valence-corrected chi connectivity index (χ4v) is 6.82. The number of thioether (sulfide) groups is 1. The van der Waals surface area contributed by atoms with E-state index in [1.165, 1.54) is 22.7 Å². The van der Waals surface area contributed by atoms with Gasteiger partial charge in [-0.2, -0.15) is 0 Å². The predicted molar refractivity (Wildman–Crippen MR) is 154 cm³/mol. The minimum atomic E-state index is -0.957. The lowest BCUT2D eigenvalue weighted by Gasteiger charge is -2.22. The Kier molecular flexibility index (Phi) is 7.22. The molecule has 0 spiro atoms. The second-order valence-corrected chi connectivity index (χ2v) is 11.8. The first-order valence-electron chi connectivity index (χ1n) is 12.8. The van der Waals surface area contributed by atoms with E-state index < -0.39 is 17.7 Å². The highest BCUT2D eigenvalue weighted by molar-refractivity contribution is 8.00. The average Bonchev–Trinajstić information content (AvgIpc) is 3.67. The Bertz CT molecular complexity index is 1690. The summed E-state index contributed by atoms with van der Waals surface area (Å²) in [5, 5.41) is 20.1. The van der Waals surface area contributed by atoms with Crippen molar-refractivity contribution in [2.45, 2.75) is 35.6 Å². The molecule has 8 nitrogen and oxygen atoms in total. The summed E-state index contributed by atoms with van der Waals surface area (Å²) in [4.78, 5) is 28.3. The zero-order chi connectivity index (χ0) is 28.7. The zero-order valence-electron chi connectivity index (χ0n) is 22.0. The van der Waals surface area contributed by atoms with Crippen LogP contribution in [0.3, 0.4) is 0 Å². The summed E-state index contributed by atoms with van der Waals surface area (Å²) in [5.74, 6) is -0.605. The average molecular weight is 590 g/mol. The molecule has 2 aliphatic rings. The van der Waals surface area contributed by atoms with Crippen molar-refractivity contribution < 1.29 is 28.6 Å². The van der Waals surface area contributed by atoms with Crippen molar-refractivity contribution in [3.63, 3.8) is 0 Å². The molecule has 2 atom stereocenters. The van der Waals surface area contributed by atoms with Gasteiger partial charge in [-0.05, 0) is 60.0 Å². The van der Waals surface area contributed by atoms with Gasteiger partial charge in [0, 0.05) is 17.7 Å². The van der Waals surface area contributed by atoms with Gasteiger partial charge in [0.15, 0.2) is 4.34 Å². The topological polar surface area (TPSA) is 102 Å². The molecule has 0 aliphatic carbocycles. The first-order valence-corrected chi connectivity index (χ1v) is 14.6. The molecular formula is C30H24FN3O5S2. The number of aromatic nitrogens is 2. The molecule has 3 aromatic carbocycles. The Balaban J connectivity index is 1.39. The third-order valence-electron chi connectivity index (χ3n) is 6.96. The Morgan fingerprint density at radius 2 is 1.93 bits per heavy atom. The molecule has 208 valence electrons. The van der Waals surface area contributed by atoms with E-state index in [9.17, 15) is 19.1 Å². The maximum absolute atomic E-state index is 14.1. The number of hydrogen-bond acceptors (Lipinski definition) is 9. The Hall–Kier alpha value is -4.22. The maximum atomic E-state index is 14.1. The SMILES string of the molecule is COc1ccc([C@H]2C(=C(O)c3ccc4c(c3)C[C@H](C)O4)C(=O)C(=O)N2c2nnc(SCc3ccccc3F)s2)cc1. The molecule has 1 aromatic heterocycles. The van der Waals surface area contributed by atoms with Gasteiger partial charge in [0.25, 0.3) is 5.78 Å². The van der Waals surface area contributed by atoms with Crippen molar-refractivity contribution in [2.24, 2.45) is 0 Å².